The van der Waals surface area contributed by atoms with E-state index in [1.165, 1.54) is 43.3 Å². The van der Waals surface area contributed by atoms with E-state index >= 15 is 0 Å². The molecule has 0 saturated heterocycles. The number of hydrogen-bond donors (Lipinski definition) is 0. The van der Waals surface area contributed by atoms with Crippen molar-refractivity contribution < 1.29 is 4.79 Å². The fraction of sp³-hybridized carbons (Fsp3) is 0.619. The molecule has 0 aromatic carbocycles. The summed E-state index contributed by atoms with van der Waals surface area (Å²) >= 11 is 0. The third-order valence-electron chi connectivity index (χ3n) is 6.39. The van der Waals surface area contributed by atoms with Gasteiger partial charge in [0.2, 0.25) is 0 Å². The van der Waals surface area contributed by atoms with Gasteiger partial charge in [0.15, 0.2) is 6.29 Å². The number of nitrogens with zero attached hydrogens (tertiary/aromatic N) is 1. The number of carbonyl (C=O) groups is 1. The maximum atomic E-state index is 11.6. The Morgan fingerprint density at radius 1 is 1.26 bits per heavy atom. The molecule has 0 spiro atoms. The molecule has 2 nitrogen and oxygen atoms in total. The SMILES string of the molecule is CCC1CCC(CC2=C(C=O)N=C(C)C3(C)CC=CC=C23)CC1. The zero-order chi connectivity index (χ0) is 16.4. The molecule has 0 N–H and O–H groups in total. The first-order valence-corrected chi connectivity index (χ1v) is 9.20. The maximum absolute atomic E-state index is 11.6. The standard InChI is InChI=1S/C21H29NO/c1-4-16-8-10-17(11-9-16)13-18-19-7-5-6-12-21(19,3)15(2)22-20(18)14-23/h5-7,14,16-17H,4,8-13H2,1-3H3. The first kappa shape index (κ1) is 16.4. The Kier molecular flexibility index (Phi) is 4.70. The summed E-state index contributed by atoms with van der Waals surface area (Å²) in [5, 5.41) is 0. The van der Waals surface area contributed by atoms with Crippen molar-refractivity contribution >= 4 is 12.0 Å². The van der Waals surface area contributed by atoms with E-state index in [0.717, 1.165) is 30.8 Å². The van der Waals surface area contributed by atoms with E-state index in [1.54, 1.807) is 0 Å². The zero-order valence-electron chi connectivity index (χ0n) is 14.8. The van der Waals surface area contributed by atoms with Crippen molar-refractivity contribution in [2.45, 2.75) is 65.7 Å². The molecule has 23 heavy (non-hydrogen) atoms. The van der Waals surface area contributed by atoms with Gasteiger partial charge in [-0.25, -0.2) is 0 Å². The first-order valence-electron chi connectivity index (χ1n) is 9.20. The minimum Gasteiger partial charge on any atom is -0.296 e. The predicted octanol–water partition coefficient (Wildman–Crippen LogP) is 5.41. The summed E-state index contributed by atoms with van der Waals surface area (Å²) in [7, 11) is 0. The van der Waals surface area contributed by atoms with Crippen molar-refractivity contribution in [2.75, 3.05) is 0 Å². The van der Waals surface area contributed by atoms with Gasteiger partial charge in [-0.3, -0.25) is 9.79 Å². The molecule has 3 rings (SSSR count). The summed E-state index contributed by atoms with van der Waals surface area (Å²) in [6.07, 6.45) is 16.2. The Hall–Kier alpha value is -1.44. The number of hydrogen-bond acceptors (Lipinski definition) is 2. The Bertz CT molecular complexity index is 599. The highest BCUT2D eigenvalue weighted by Crippen LogP contribution is 2.47. The number of aldehydes is 1. The van der Waals surface area contributed by atoms with E-state index in [1.807, 2.05) is 0 Å². The lowest BCUT2D eigenvalue weighted by molar-refractivity contribution is -0.105. The number of fused-ring (bicyclic) bond motifs is 1. The van der Waals surface area contributed by atoms with Crippen LogP contribution in [0.15, 0.2) is 40.1 Å². The van der Waals surface area contributed by atoms with Gasteiger partial charge < -0.3 is 0 Å². The van der Waals surface area contributed by atoms with E-state index in [-0.39, 0.29) is 5.41 Å². The average Bonchev–Trinajstić information content (AvgIpc) is 2.58. The smallest absolute Gasteiger partial charge is 0.168 e. The molecule has 1 saturated carbocycles. The molecule has 2 aliphatic carbocycles. The highest BCUT2D eigenvalue weighted by molar-refractivity contribution is 5.98. The van der Waals surface area contributed by atoms with Crippen LogP contribution in [0.25, 0.3) is 0 Å². The van der Waals surface area contributed by atoms with Gasteiger partial charge in [-0.15, -0.1) is 0 Å². The van der Waals surface area contributed by atoms with E-state index in [9.17, 15) is 4.79 Å². The quantitative estimate of drug-likeness (QED) is 0.638. The van der Waals surface area contributed by atoms with Crippen LogP contribution >= 0.6 is 0 Å². The van der Waals surface area contributed by atoms with Crippen LogP contribution in [0.3, 0.4) is 0 Å². The van der Waals surface area contributed by atoms with Crippen LogP contribution < -0.4 is 0 Å². The molecule has 0 aromatic rings. The minimum absolute atomic E-state index is 0.0167. The van der Waals surface area contributed by atoms with Crippen LogP contribution in [0.2, 0.25) is 0 Å². The summed E-state index contributed by atoms with van der Waals surface area (Å²) in [5.74, 6) is 1.63. The normalized spacial score (nSPS) is 33.9. The highest BCUT2D eigenvalue weighted by Gasteiger charge is 2.39. The summed E-state index contributed by atoms with van der Waals surface area (Å²) < 4.78 is 0. The zero-order valence-corrected chi connectivity index (χ0v) is 14.8. The van der Waals surface area contributed by atoms with Crippen LogP contribution in [-0.4, -0.2) is 12.0 Å². The van der Waals surface area contributed by atoms with Crippen LogP contribution in [-0.2, 0) is 4.79 Å². The molecule has 1 aliphatic heterocycles. The van der Waals surface area contributed by atoms with Gasteiger partial charge in [0, 0.05) is 11.1 Å². The van der Waals surface area contributed by atoms with Crippen LogP contribution in [0.1, 0.15) is 65.7 Å². The Morgan fingerprint density at radius 3 is 2.61 bits per heavy atom. The van der Waals surface area contributed by atoms with E-state index in [2.05, 4.69) is 44.0 Å². The molecule has 1 fully saturated rings. The van der Waals surface area contributed by atoms with Gasteiger partial charge in [-0.2, -0.15) is 0 Å². The van der Waals surface area contributed by atoms with Crippen LogP contribution in [0.5, 0.6) is 0 Å². The van der Waals surface area contributed by atoms with Crippen molar-refractivity contribution in [3.63, 3.8) is 0 Å². The summed E-state index contributed by atoms with van der Waals surface area (Å²) in [4.78, 5) is 16.3. The fourth-order valence-electron chi connectivity index (χ4n) is 4.49. The van der Waals surface area contributed by atoms with Crippen molar-refractivity contribution in [3.05, 3.63) is 35.1 Å². The lowest BCUT2D eigenvalue weighted by Crippen LogP contribution is -2.34. The van der Waals surface area contributed by atoms with E-state index in [4.69, 9.17) is 0 Å². The molecule has 3 aliphatic rings. The number of allylic oxidation sites excluding steroid dienone is 6. The summed E-state index contributed by atoms with van der Waals surface area (Å²) in [5.41, 5.74) is 4.30. The number of carbonyl (C=O) groups excluding carboxylic acids is 1. The van der Waals surface area contributed by atoms with E-state index < -0.39 is 0 Å². The Labute approximate surface area is 140 Å². The monoisotopic (exact) mass is 311 g/mol. The Balaban J connectivity index is 1.87. The van der Waals surface area contributed by atoms with Gasteiger partial charge in [-0.1, -0.05) is 44.4 Å². The van der Waals surface area contributed by atoms with Crippen molar-refractivity contribution in [3.8, 4) is 0 Å². The molecule has 124 valence electrons. The van der Waals surface area contributed by atoms with E-state index in [0.29, 0.717) is 11.6 Å². The molecule has 1 atom stereocenters. The van der Waals surface area contributed by atoms with Crippen molar-refractivity contribution in [2.24, 2.45) is 22.2 Å². The third kappa shape index (κ3) is 3.00. The lowest BCUT2D eigenvalue weighted by atomic mass is 9.66. The molecule has 0 bridgehead atoms. The molecular weight excluding hydrogens is 282 g/mol. The number of rotatable bonds is 4. The Morgan fingerprint density at radius 2 is 1.96 bits per heavy atom. The minimum atomic E-state index is -0.0167. The van der Waals surface area contributed by atoms with Gasteiger partial charge >= 0.3 is 0 Å². The topological polar surface area (TPSA) is 29.4 Å². The molecule has 0 amide bonds. The van der Waals surface area contributed by atoms with Crippen LogP contribution in [0.4, 0.5) is 0 Å². The van der Waals surface area contributed by atoms with Gasteiger partial charge in [0.25, 0.3) is 0 Å². The molecule has 0 aromatic heterocycles. The molecule has 2 heteroatoms. The average molecular weight is 311 g/mol. The second kappa shape index (κ2) is 6.59. The maximum Gasteiger partial charge on any atom is 0.168 e. The summed E-state index contributed by atoms with van der Waals surface area (Å²) in [6.45, 7) is 6.65. The fourth-order valence-corrected chi connectivity index (χ4v) is 4.49. The van der Waals surface area contributed by atoms with Gasteiger partial charge in [0.1, 0.15) is 5.70 Å². The third-order valence-corrected chi connectivity index (χ3v) is 6.39. The lowest BCUT2D eigenvalue weighted by Gasteiger charge is -2.39. The van der Waals surface area contributed by atoms with Gasteiger partial charge in [-0.05, 0) is 62.5 Å². The van der Waals surface area contributed by atoms with Gasteiger partial charge in [0.05, 0.1) is 0 Å². The van der Waals surface area contributed by atoms with Crippen molar-refractivity contribution in [1.29, 1.82) is 0 Å². The van der Waals surface area contributed by atoms with Crippen LogP contribution in [0, 0.1) is 17.3 Å². The number of aliphatic imine (C=N–C) groups is 1. The molecule has 1 heterocycles. The molecule has 0 radical (unpaired) electrons. The second-order valence-corrected chi connectivity index (χ2v) is 7.72. The highest BCUT2D eigenvalue weighted by atomic mass is 16.1. The molecular formula is C21H29NO. The molecule has 1 unspecified atom stereocenters. The predicted molar refractivity (Wildman–Crippen MR) is 96.5 cm³/mol. The second-order valence-electron chi connectivity index (χ2n) is 7.72. The summed E-state index contributed by atoms with van der Waals surface area (Å²) in [6, 6.07) is 0. The van der Waals surface area contributed by atoms with Crippen molar-refractivity contribution in [1.82, 2.24) is 0 Å². The largest absolute Gasteiger partial charge is 0.296 e. The first-order chi connectivity index (χ1) is 11.1.